The van der Waals surface area contributed by atoms with Gasteiger partial charge in [-0.3, -0.25) is 4.79 Å². The molecule has 4 heteroatoms. The minimum absolute atomic E-state index is 0.0722. The SMILES string of the molecule is C[C@H](NCC(=O)NC1CCCC1)c1ccccc1Cl. The third-order valence-corrected chi connectivity index (χ3v) is 4.01. The largest absolute Gasteiger partial charge is 0.352 e. The standard InChI is InChI=1S/C15H21ClN2O/c1-11(13-8-4-5-9-14(13)16)17-10-15(19)18-12-6-2-3-7-12/h4-5,8-9,11-12,17H,2-3,6-7,10H2,1H3,(H,18,19)/t11-/m0/s1. The fourth-order valence-corrected chi connectivity index (χ4v) is 2.83. The Bertz CT molecular complexity index is 430. The summed E-state index contributed by atoms with van der Waals surface area (Å²) in [6.07, 6.45) is 4.69. The van der Waals surface area contributed by atoms with E-state index in [4.69, 9.17) is 11.6 Å². The maximum atomic E-state index is 11.8. The van der Waals surface area contributed by atoms with Crippen molar-refractivity contribution in [2.75, 3.05) is 6.54 Å². The summed E-state index contributed by atoms with van der Waals surface area (Å²) >= 11 is 6.13. The zero-order valence-electron chi connectivity index (χ0n) is 11.3. The Morgan fingerprint density at radius 3 is 2.74 bits per heavy atom. The lowest BCUT2D eigenvalue weighted by molar-refractivity contribution is -0.121. The van der Waals surface area contributed by atoms with Gasteiger partial charge in [0, 0.05) is 17.1 Å². The number of benzene rings is 1. The van der Waals surface area contributed by atoms with Crippen LogP contribution in [0.15, 0.2) is 24.3 Å². The van der Waals surface area contributed by atoms with Crippen molar-refractivity contribution in [1.82, 2.24) is 10.6 Å². The number of rotatable bonds is 5. The third kappa shape index (κ3) is 4.22. The lowest BCUT2D eigenvalue weighted by Gasteiger charge is -2.17. The van der Waals surface area contributed by atoms with E-state index in [-0.39, 0.29) is 11.9 Å². The average molecular weight is 281 g/mol. The molecule has 0 bridgehead atoms. The molecular formula is C15H21ClN2O. The molecule has 0 aromatic heterocycles. The lowest BCUT2D eigenvalue weighted by Crippen LogP contribution is -2.39. The highest BCUT2D eigenvalue weighted by atomic mass is 35.5. The maximum Gasteiger partial charge on any atom is 0.234 e. The van der Waals surface area contributed by atoms with Gasteiger partial charge in [-0.25, -0.2) is 0 Å². The summed E-state index contributed by atoms with van der Waals surface area (Å²) in [6, 6.07) is 8.17. The van der Waals surface area contributed by atoms with E-state index in [0.29, 0.717) is 12.6 Å². The first-order valence-corrected chi connectivity index (χ1v) is 7.32. The second-order valence-corrected chi connectivity index (χ2v) is 5.58. The Morgan fingerprint density at radius 2 is 2.05 bits per heavy atom. The topological polar surface area (TPSA) is 41.1 Å². The van der Waals surface area contributed by atoms with Crippen molar-refractivity contribution < 1.29 is 4.79 Å². The van der Waals surface area contributed by atoms with Crippen LogP contribution >= 0.6 is 11.6 Å². The molecule has 19 heavy (non-hydrogen) atoms. The molecule has 0 aliphatic heterocycles. The number of nitrogens with one attached hydrogen (secondary N) is 2. The van der Waals surface area contributed by atoms with Crippen molar-refractivity contribution in [3.8, 4) is 0 Å². The molecule has 1 saturated carbocycles. The predicted octanol–water partition coefficient (Wildman–Crippen LogP) is 3.05. The molecule has 1 amide bonds. The molecule has 1 atom stereocenters. The summed E-state index contributed by atoms with van der Waals surface area (Å²) in [5.41, 5.74) is 1.03. The summed E-state index contributed by atoms with van der Waals surface area (Å²) < 4.78 is 0. The van der Waals surface area contributed by atoms with Crippen molar-refractivity contribution in [2.45, 2.75) is 44.7 Å². The van der Waals surface area contributed by atoms with E-state index in [1.54, 1.807) is 0 Å². The zero-order valence-corrected chi connectivity index (χ0v) is 12.0. The lowest BCUT2D eigenvalue weighted by atomic mass is 10.1. The molecule has 1 aromatic carbocycles. The molecule has 2 rings (SSSR count). The van der Waals surface area contributed by atoms with E-state index < -0.39 is 0 Å². The molecule has 104 valence electrons. The van der Waals surface area contributed by atoms with Crippen LogP contribution in [0, 0.1) is 0 Å². The molecule has 2 N–H and O–H groups in total. The number of amides is 1. The van der Waals surface area contributed by atoms with Gasteiger partial charge in [0.1, 0.15) is 0 Å². The molecule has 0 unspecified atom stereocenters. The van der Waals surface area contributed by atoms with E-state index in [1.807, 2.05) is 31.2 Å². The summed E-state index contributed by atoms with van der Waals surface area (Å²) in [7, 11) is 0. The van der Waals surface area contributed by atoms with Crippen molar-refractivity contribution in [2.24, 2.45) is 0 Å². The van der Waals surface area contributed by atoms with Crippen molar-refractivity contribution in [3.63, 3.8) is 0 Å². The molecule has 0 saturated heterocycles. The Hall–Kier alpha value is -1.06. The normalized spacial score (nSPS) is 17.4. The van der Waals surface area contributed by atoms with Crippen LogP contribution < -0.4 is 10.6 Å². The number of halogens is 1. The van der Waals surface area contributed by atoms with Crippen LogP contribution in [0.4, 0.5) is 0 Å². The van der Waals surface area contributed by atoms with Gasteiger partial charge in [-0.2, -0.15) is 0 Å². The molecule has 1 aromatic rings. The van der Waals surface area contributed by atoms with E-state index in [2.05, 4.69) is 10.6 Å². The number of carbonyl (C=O) groups excluding carboxylic acids is 1. The van der Waals surface area contributed by atoms with Gasteiger partial charge in [0.25, 0.3) is 0 Å². The first-order chi connectivity index (χ1) is 9.16. The highest BCUT2D eigenvalue weighted by molar-refractivity contribution is 6.31. The van der Waals surface area contributed by atoms with Crippen LogP contribution in [0.5, 0.6) is 0 Å². The van der Waals surface area contributed by atoms with Crippen LogP contribution in [0.1, 0.15) is 44.2 Å². The summed E-state index contributed by atoms with van der Waals surface area (Å²) in [6.45, 7) is 2.35. The highest BCUT2D eigenvalue weighted by Gasteiger charge is 2.17. The van der Waals surface area contributed by atoms with Gasteiger partial charge in [-0.15, -0.1) is 0 Å². The fourth-order valence-electron chi connectivity index (χ4n) is 2.53. The Morgan fingerprint density at radius 1 is 1.37 bits per heavy atom. The fraction of sp³-hybridized carbons (Fsp3) is 0.533. The summed E-state index contributed by atoms with van der Waals surface area (Å²) in [5.74, 6) is 0.0748. The van der Waals surface area contributed by atoms with Gasteiger partial charge in [0.15, 0.2) is 0 Å². The van der Waals surface area contributed by atoms with Crippen LogP contribution in [-0.2, 0) is 4.79 Å². The summed E-state index contributed by atoms with van der Waals surface area (Å²) in [4.78, 5) is 11.8. The molecule has 0 radical (unpaired) electrons. The van der Waals surface area contributed by atoms with Crippen LogP contribution in [-0.4, -0.2) is 18.5 Å². The molecular weight excluding hydrogens is 260 g/mol. The van der Waals surface area contributed by atoms with Crippen molar-refractivity contribution in [1.29, 1.82) is 0 Å². The van der Waals surface area contributed by atoms with E-state index in [1.165, 1.54) is 12.8 Å². The van der Waals surface area contributed by atoms with E-state index in [0.717, 1.165) is 23.4 Å². The van der Waals surface area contributed by atoms with E-state index in [9.17, 15) is 4.79 Å². The Labute approximate surface area is 119 Å². The Balaban J connectivity index is 1.78. The third-order valence-electron chi connectivity index (χ3n) is 3.66. The van der Waals surface area contributed by atoms with Crippen LogP contribution in [0.3, 0.4) is 0 Å². The average Bonchev–Trinajstić information content (AvgIpc) is 2.89. The first-order valence-electron chi connectivity index (χ1n) is 6.94. The quantitative estimate of drug-likeness (QED) is 0.870. The second kappa shape index (κ2) is 6.92. The van der Waals surface area contributed by atoms with Crippen LogP contribution in [0.25, 0.3) is 0 Å². The minimum Gasteiger partial charge on any atom is -0.352 e. The predicted molar refractivity (Wildman–Crippen MR) is 78.3 cm³/mol. The number of hydrogen-bond donors (Lipinski definition) is 2. The van der Waals surface area contributed by atoms with Crippen molar-refractivity contribution in [3.05, 3.63) is 34.9 Å². The molecule has 0 spiro atoms. The second-order valence-electron chi connectivity index (χ2n) is 5.17. The zero-order chi connectivity index (χ0) is 13.7. The smallest absolute Gasteiger partial charge is 0.234 e. The first kappa shape index (κ1) is 14.4. The summed E-state index contributed by atoms with van der Waals surface area (Å²) in [5, 5.41) is 7.02. The van der Waals surface area contributed by atoms with Crippen molar-refractivity contribution >= 4 is 17.5 Å². The van der Waals surface area contributed by atoms with Gasteiger partial charge < -0.3 is 10.6 Å². The monoisotopic (exact) mass is 280 g/mol. The minimum atomic E-state index is 0.0722. The van der Waals surface area contributed by atoms with Gasteiger partial charge in [-0.1, -0.05) is 42.6 Å². The van der Waals surface area contributed by atoms with E-state index >= 15 is 0 Å². The maximum absolute atomic E-state index is 11.8. The number of carbonyl (C=O) groups is 1. The molecule has 1 aliphatic rings. The molecule has 1 fully saturated rings. The number of hydrogen-bond acceptors (Lipinski definition) is 2. The highest BCUT2D eigenvalue weighted by Crippen LogP contribution is 2.22. The van der Waals surface area contributed by atoms with Gasteiger partial charge in [0.05, 0.1) is 6.54 Å². The molecule has 1 aliphatic carbocycles. The van der Waals surface area contributed by atoms with Gasteiger partial charge in [0.2, 0.25) is 5.91 Å². The Kier molecular flexibility index (Phi) is 5.23. The van der Waals surface area contributed by atoms with Gasteiger partial charge in [-0.05, 0) is 31.4 Å². The molecule has 3 nitrogen and oxygen atoms in total. The van der Waals surface area contributed by atoms with Crippen LogP contribution in [0.2, 0.25) is 5.02 Å². The van der Waals surface area contributed by atoms with Gasteiger partial charge >= 0.3 is 0 Å². The molecule has 0 heterocycles.